The van der Waals surface area contributed by atoms with Gasteiger partial charge in [-0.25, -0.2) is 0 Å². The van der Waals surface area contributed by atoms with E-state index < -0.39 is 0 Å². The quantitative estimate of drug-likeness (QED) is 0.0249. The molecule has 0 aromatic rings. The predicted molar refractivity (Wildman–Crippen MR) is 430 cm³/mol. The molecular formula is C76H152MoN4S8. The van der Waals surface area contributed by atoms with Crippen LogP contribution in [0.1, 0.15) is 415 Å². The topological polar surface area (TPSA) is 13.0 Å². The first kappa shape index (κ1) is 98.8. The Morgan fingerprint density at radius 2 is 0.247 bits per heavy atom. The first-order valence-corrected chi connectivity index (χ1v) is 42.0. The molecule has 0 atom stereocenters. The Bertz CT molecular complexity index is 1110. The third kappa shape index (κ3) is 85.2. The van der Waals surface area contributed by atoms with E-state index >= 15 is 0 Å². The third-order valence-corrected chi connectivity index (χ3v) is 19.4. The van der Waals surface area contributed by atoms with Crippen LogP contribution in [0.2, 0.25) is 0 Å². The molecular weight excluding hydrogens is 1320 g/mol. The molecule has 13 heteroatoms. The van der Waals surface area contributed by atoms with Crippen molar-refractivity contribution in [2.24, 2.45) is 0 Å². The average molecular weight is 1470 g/mol. The standard InChI is InChI=1S/4C19H39NS2.Mo/c4*1-3-5-7-9-11-13-15-17-20(19(21)22)18-16-14-12-10-8-6-4-2;/h4*3-18H2,1-2H3,(H,21,22);/q;;;;+4/p-4. The molecule has 0 N–H and O–H groups in total. The van der Waals surface area contributed by atoms with E-state index in [9.17, 15) is 0 Å². The summed E-state index contributed by atoms with van der Waals surface area (Å²) in [4.78, 5) is 9.01. The Morgan fingerprint density at radius 3 is 0.326 bits per heavy atom. The molecule has 0 aliphatic heterocycles. The Kier molecular flexibility index (Phi) is 96.7. The van der Waals surface area contributed by atoms with Crippen molar-refractivity contribution in [3.05, 3.63) is 0 Å². The Balaban J connectivity index is -0.000000351. The van der Waals surface area contributed by atoms with Gasteiger partial charge in [-0.2, -0.15) is 0 Å². The monoisotopic (exact) mass is 1470 g/mol. The normalized spacial score (nSPS) is 10.7. The second-order valence-electron chi connectivity index (χ2n) is 26.0. The summed E-state index contributed by atoms with van der Waals surface area (Å²) in [6, 6.07) is 0. The van der Waals surface area contributed by atoms with Crippen molar-refractivity contribution >= 4 is 117 Å². The van der Waals surface area contributed by atoms with E-state index in [0.717, 1.165) is 52.4 Å². The first-order valence-electron chi connectivity index (χ1n) is 38.7. The van der Waals surface area contributed by atoms with Gasteiger partial charge in [0.25, 0.3) is 0 Å². The van der Waals surface area contributed by atoms with Crippen molar-refractivity contribution in [3.8, 4) is 0 Å². The van der Waals surface area contributed by atoms with Gasteiger partial charge in [0.15, 0.2) is 0 Å². The largest absolute Gasteiger partial charge is 4.00 e. The molecule has 89 heavy (non-hydrogen) atoms. The van der Waals surface area contributed by atoms with Gasteiger partial charge in [0, 0.05) is 52.4 Å². The van der Waals surface area contributed by atoms with Crippen LogP contribution in [0, 0.1) is 0 Å². The smallest absolute Gasteiger partial charge is 0.411 e. The van der Waals surface area contributed by atoms with E-state index in [1.807, 2.05) is 0 Å². The van der Waals surface area contributed by atoms with E-state index in [1.54, 1.807) is 0 Å². The number of thiocarbonyl (C=S) groups is 4. The molecule has 0 saturated carbocycles. The molecule has 0 aliphatic carbocycles. The predicted octanol–water partition coefficient (Wildman–Crippen LogP) is 26.5. The van der Waals surface area contributed by atoms with E-state index in [2.05, 4.69) is 75.0 Å². The van der Waals surface area contributed by atoms with Gasteiger partial charge in [-0.3, -0.25) is 0 Å². The van der Waals surface area contributed by atoms with Gasteiger partial charge in [-0.05, 0) is 51.4 Å². The fourth-order valence-corrected chi connectivity index (χ4v) is 12.7. The third-order valence-electron chi connectivity index (χ3n) is 17.3. The average Bonchev–Trinajstić information content (AvgIpc) is 3.53. The molecule has 0 amide bonds. The zero-order valence-electron chi connectivity index (χ0n) is 60.7. The molecule has 4 nitrogen and oxygen atoms in total. The molecule has 0 spiro atoms. The SMILES string of the molecule is CCCCCCCCCN(CCCCCCCCC)C(=S)[S-].CCCCCCCCCN(CCCCCCCCC)C(=S)[S-].CCCCCCCCCN(CCCCCCCCC)C(=S)[S-].CCCCCCCCCN(CCCCCCCCC)C(=S)[S-].[Mo+4]. The molecule has 0 aromatic heterocycles. The minimum atomic E-state index is 0. The fraction of sp³-hybridized carbons (Fsp3) is 0.947. The maximum Gasteiger partial charge on any atom is 4.00 e. The number of nitrogens with zero attached hydrogens (tertiary/aromatic N) is 4. The van der Waals surface area contributed by atoms with Crippen molar-refractivity contribution < 1.29 is 21.1 Å². The van der Waals surface area contributed by atoms with Crippen LogP contribution in [0.4, 0.5) is 0 Å². The van der Waals surface area contributed by atoms with Crippen molar-refractivity contribution in [2.45, 2.75) is 415 Å². The van der Waals surface area contributed by atoms with Crippen molar-refractivity contribution in [1.29, 1.82) is 0 Å². The summed E-state index contributed by atoms with van der Waals surface area (Å²) in [5, 5.41) is 0. The van der Waals surface area contributed by atoms with Crippen LogP contribution in [-0.4, -0.2) is 89.2 Å². The minimum Gasteiger partial charge on any atom is -0.411 e. The summed E-state index contributed by atoms with van der Waals surface area (Å²) in [6.45, 7) is 26.8. The van der Waals surface area contributed by atoms with Crippen molar-refractivity contribution in [3.63, 3.8) is 0 Å². The molecule has 530 valence electrons. The number of hydrogen-bond acceptors (Lipinski definition) is 8. The maximum atomic E-state index is 5.23. The van der Waals surface area contributed by atoms with Gasteiger partial charge >= 0.3 is 21.1 Å². The summed E-state index contributed by atoms with van der Waals surface area (Å²) in [6.07, 6.45) is 75.7. The zero-order chi connectivity index (χ0) is 65.9. The summed E-state index contributed by atoms with van der Waals surface area (Å²) in [5.41, 5.74) is 0. The molecule has 0 bridgehead atoms. The van der Waals surface area contributed by atoms with Gasteiger partial charge in [0.05, 0.1) is 0 Å². The molecule has 0 unspecified atom stereocenters. The second-order valence-corrected chi connectivity index (χ2v) is 30.1. The molecule has 0 rings (SSSR count). The van der Waals surface area contributed by atoms with Crippen LogP contribution in [0.3, 0.4) is 0 Å². The van der Waals surface area contributed by atoms with Gasteiger partial charge in [0.1, 0.15) is 0 Å². The van der Waals surface area contributed by atoms with Crippen molar-refractivity contribution in [1.82, 2.24) is 19.6 Å². The molecule has 0 fully saturated rings. The van der Waals surface area contributed by atoms with Crippen LogP contribution < -0.4 is 0 Å². The van der Waals surface area contributed by atoms with E-state index in [4.69, 9.17) is 99.4 Å². The number of hydrogen-bond donors (Lipinski definition) is 0. The summed E-state index contributed by atoms with van der Waals surface area (Å²) in [7, 11) is 0. The molecule has 0 aliphatic rings. The van der Waals surface area contributed by atoms with Crippen LogP contribution >= 0.6 is 48.9 Å². The summed E-state index contributed by atoms with van der Waals surface area (Å²) >= 11 is 41.8. The van der Waals surface area contributed by atoms with Crippen LogP contribution in [0.15, 0.2) is 0 Å². The Hall–Kier alpha value is 1.13. The van der Waals surface area contributed by atoms with Crippen LogP contribution in [0.5, 0.6) is 0 Å². The van der Waals surface area contributed by atoms with Gasteiger partial charge in [0.2, 0.25) is 0 Å². The molecule has 0 aromatic carbocycles. The Labute approximate surface area is 619 Å². The zero-order valence-corrected chi connectivity index (χ0v) is 69.3. The summed E-state index contributed by atoms with van der Waals surface area (Å²) in [5.74, 6) is 0. The summed E-state index contributed by atoms with van der Waals surface area (Å²) < 4.78 is 2.71. The van der Waals surface area contributed by atoms with Crippen molar-refractivity contribution in [2.75, 3.05) is 52.4 Å². The van der Waals surface area contributed by atoms with Crippen LogP contribution in [-0.2, 0) is 71.6 Å². The van der Waals surface area contributed by atoms with Crippen LogP contribution in [0.25, 0.3) is 0 Å². The Morgan fingerprint density at radius 1 is 0.169 bits per heavy atom. The van der Waals surface area contributed by atoms with E-state index in [1.165, 1.54) is 360 Å². The number of rotatable bonds is 64. The van der Waals surface area contributed by atoms with E-state index in [-0.39, 0.29) is 21.1 Å². The first-order chi connectivity index (χ1) is 42.9. The minimum absolute atomic E-state index is 0. The molecule has 0 saturated heterocycles. The van der Waals surface area contributed by atoms with Gasteiger partial charge in [-0.15, -0.1) is 0 Å². The van der Waals surface area contributed by atoms with Gasteiger partial charge in [-0.1, -0.05) is 381 Å². The fourth-order valence-electron chi connectivity index (χ4n) is 11.3. The van der Waals surface area contributed by atoms with E-state index in [0.29, 0.717) is 17.3 Å². The molecule has 0 radical (unpaired) electrons. The molecule has 0 heterocycles. The second kappa shape index (κ2) is 87.1. The maximum absolute atomic E-state index is 5.23. The van der Waals surface area contributed by atoms with Gasteiger partial charge < -0.3 is 119 Å². The number of unbranched alkanes of at least 4 members (excludes halogenated alkanes) is 48.